The Morgan fingerprint density at radius 3 is 1.29 bits per heavy atom. The number of thioether (sulfide) groups is 3. The zero-order valence-corrected chi connectivity index (χ0v) is 69.1. The van der Waals surface area contributed by atoms with Crippen molar-refractivity contribution in [3.05, 3.63) is 204 Å². The summed E-state index contributed by atoms with van der Waals surface area (Å²) in [6.07, 6.45) is 16.3. The van der Waals surface area contributed by atoms with Gasteiger partial charge in [0.05, 0.1) is 39.4 Å². The number of ether oxygens (including phenoxy) is 2. The highest BCUT2D eigenvalue weighted by Crippen LogP contribution is 2.36. The summed E-state index contributed by atoms with van der Waals surface area (Å²) in [7, 11) is -5.17. The summed E-state index contributed by atoms with van der Waals surface area (Å²) in [5, 5.41) is 59.9. The van der Waals surface area contributed by atoms with Crippen LogP contribution in [0.1, 0.15) is 109 Å². The first kappa shape index (κ1) is 96.7. The number of aromatic nitrogens is 10. The maximum atomic E-state index is 11.7. The van der Waals surface area contributed by atoms with Gasteiger partial charge >= 0.3 is 33.3 Å². The monoisotopic (exact) mass is 1710 g/mol. The third-order valence-corrected chi connectivity index (χ3v) is 18.7. The Bertz CT molecular complexity index is 4740. The Morgan fingerprint density at radius 2 is 0.952 bits per heavy atom. The summed E-state index contributed by atoms with van der Waals surface area (Å²) in [4.78, 5) is 45.6. The molecule has 33 nitrogen and oxygen atoms in total. The first-order valence-electron chi connectivity index (χ1n) is 31.0. The number of nitro groups is 4. The summed E-state index contributed by atoms with van der Waals surface area (Å²) < 4.78 is 71.0. The van der Waals surface area contributed by atoms with E-state index >= 15 is 0 Å². The van der Waals surface area contributed by atoms with Crippen molar-refractivity contribution in [2.24, 2.45) is 5.90 Å². The summed E-state index contributed by atoms with van der Waals surface area (Å²) in [6.45, 7) is 23.6. The third kappa shape index (κ3) is 26.6. The molecule has 0 bridgehead atoms. The molecule has 10 heterocycles. The number of fused-ring (bicyclic) bond motifs is 4. The second kappa shape index (κ2) is 45.3. The number of halogens is 3. The molecule has 10 aromatic heterocycles. The number of nitrogen functional groups attached to an aromatic ring is 2. The molecule has 0 aliphatic rings. The quantitative estimate of drug-likeness (QED) is 0.0125. The molecule has 0 unspecified atom stereocenters. The van der Waals surface area contributed by atoms with E-state index in [1.165, 1.54) is 63.6 Å². The standard InChI is InChI=1S/C11H13N3O4S.C11H13N3O3.C11H13N3O2S.C11H15N3O.C8H13N2.C8H11N.C4H7NO2S2.2ClH.HI.H3NO4S/c1-4-8-6-5-7(2)13-9(8)10(14(15)16)11(12-13)19(3,17)18;2*1-4-8-6-5-7(2)13-9(8)10(14(15)16)11(12-13)17-3;1-4-8-6-5-7(2)14-10(8)9(12)11(13-14)15-3;1-3-8-5-4-7(2)10(9)6-8;1-3-8-5-4-7(2)9-6-8;1-8-4(9-2)3-5(6)7;;;;1-5-6(2,3)4/h5-6H,4H2,1-3H3;2*5-6H,4H2,1-3H3;5-6H,4,12H2,1-3H3;4-6H,3,9H2,1-2H3;4-6H,3H2,1-2H3;3H,1-2H3;3*1H;1H2,(H,2,3,4)/q;;;;+1;;;;;;/p-1. The highest BCUT2D eigenvalue weighted by Gasteiger charge is 2.33. The van der Waals surface area contributed by atoms with E-state index in [-0.39, 0.29) is 76.5 Å². The highest BCUT2D eigenvalue weighted by molar-refractivity contribution is 8.21. The fraction of sp³-hybridized carbons (Fsp3) is 0.375. The number of nitrogens with zero attached hydrogens (tertiary/aromatic N) is 14. The topological polar surface area (TPSA) is 453 Å². The molecule has 41 heteroatoms. The van der Waals surface area contributed by atoms with Crippen molar-refractivity contribution in [1.29, 1.82) is 0 Å². The molecule has 0 fully saturated rings. The average molecular weight is 1710 g/mol. The summed E-state index contributed by atoms with van der Waals surface area (Å²) in [5.41, 5.74) is 20.5. The molecule has 0 saturated heterocycles. The molecule has 7 N–H and O–H groups in total. The van der Waals surface area contributed by atoms with Crippen LogP contribution < -0.4 is 55.6 Å². The molecule has 0 aromatic carbocycles. The van der Waals surface area contributed by atoms with Crippen molar-refractivity contribution < 1.29 is 83.5 Å². The Morgan fingerprint density at radius 1 is 0.571 bits per heavy atom. The van der Waals surface area contributed by atoms with Crippen molar-refractivity contribution in [3.63, 3.8) is 0 Å². The molecule has 0 radical (unpaired) electrons. The highest BCUT2D eigenvalue weighted by atomic mass is 127. The number of hydrogen-bond donors (Lipinski definition) is 4. The van der Waals surface area contributed by atoms with E-state index in [0.717, 1.165) is 87.5 Å². The predicted molar refractivity (Wildman–Crippen MR) is 412 cm³/mol. The molecule has 10 aromatic rings. The van der Waals surface area contributed by atoms with Gasteiger partial charge < -0.3 is 39.2 Å². The van der Waals surface area contributed by atoms with Gasteiger partial charge in [0, 0.05) is 59.5 Å². The lowest BCUT2D eigenvalue weighted by molar-refractivity contribution is -0.645. The Labute approximate surface area is 651 Å². The number of pyridine rings is 6. The molecular formula is C64H90Cl2IN17O16S5. The Kier molecular flexibility index (Phi) is 41.7. The zero-order chi connectivity index (χ0) is 77.3. The largest absolute Gasteiger partial charge is 1.00 e. The van der Waals surface area contributed by atoms with E-state index in [0.29, 0.717) is 51.7 Å². The van der Waals surface area contributed by atoms with Crippen LogP contribution in [0.25, 0.3) is 22.1 Å². The molecule has 0 amide bonds. The summed E-state index contributed by atoms with van der Waals surface area (Å²) >= 11 is 4.07. The van der Waals surface area contributed by atoms with Crippen LogP contribution in [0.15, 0.2) is 106 Å². The van der Waals surface area contributed by atoms with Gasteiger partial charge in [0.1, 0.15) is 21.0 Å². The predicted octanol–water partition coefficient (Wildman–Crippen LogP) is 9.10. The first-order valence-corrected chi connectivity index (χ1v) is 37.9. The van der Waals surface area contributed by atoms with Gasteiger partial charge in [-0.1, -0.05) is 76.6 Å². The van der Waals surface area contributed by atoms with Gasteiger partial charge in [-0.15, -0.1) is 75.4 Å². The van der Waals surface area contributed by atoms with Crippen LogP contribution >= 0.6 is 60.1 Å². The number of sulfone groups is 1. The summed E-state index contributed by atoms with van der Waals surface area (Å²) in [5.74, 6) is 10.1. The van der Waals surface area contributed by atoms with Crippen LogP contribution in [0.3, 0.4) is 0 Å². The SMILES string of the molecule is CCc1ccc(C)[n+](N)c1.CCc1ccc(C)n2nc(OC)c(N)c12.CCc1ccc(C)n2nc(OC)c([N+](=O)[O-])c12.CCc1ccc(C)n2nc(S(C)(=O)=O)c([N+](=O)[O-])c12.CCc1ccc(C)n2nc(SC)c([N+](=O)[O-])c12.CCc1ccc(C)nc1.CSC(=C[N+](=O)[O-])SC.Cl.Cl.NOS(=O)(=O)O.[I-]. The van der Waals surface area contributed by atoms with Crippen LogP contribution in [0.4, 0.5) is 22.7 Å². The van der Waals surface area contributed by atoms with Crippen molar-refractivity contribution >= 4 is 125 Å². The number of anilines is 1. The molecule has 10 rings (SSSR count). The van der Waals surface area contributed by atoms with Gasteiger partial charge in [-0.25, -0.2) is 32.3 Å². The molecule has 0 atom stereocenters. The zero-order valence-electron chi connectivity index (χ0n) is 61.2. The van der Waals surface area contributed by atoms with Crippen LogP contribution in [0.5, 0.6) is 11.8 Å². The number of aryl methyl sites for hydroxylation is 12. The number of methoxy groups -OCH3 is 2. The Hall–Kier alpha value is -8.26. The molecule has 0 aliphatic carbocycles. The lowest BCUT2D eigenvalue weighted by Gasteiger charge is -2.03. The minimum atomic E-state index is -4.38. The molecule has 0 saturated carbocycles. The van der Waals surface area contributed by atoms with E-state index in [9.17, 15) is 57.3 Å². The van der Waals surface area contributed by atoms with E-state index in [1.807, 2.05) is 127 Å². The van der Waals surface area contributed by atoms with E-state index in [4.69, 9.17) is 25.6 Å². The minimum absolute atomic E-state index is 0. The maximum Gasteiger partial charge on any atom is 0.413 e. The van der Waals surface area contributed by atoms with Crippen LogP contribution in [0.2, 0.25) is 0 Å². The second-order valence-corrected chi connectivity index (χ2v) is 27.3. The smallest absolute Gasteiger partial charge is 0.413 e. The molecule has 578 valence electrons. The normalized spacial score (nSPS) is 10.4. The minimum Gasteiger partial charge on any atom is -1.00 e. The number of hydrogen-bond acceptors (Lipinski definition) is 26. The van der Waals surface area contributed by atoms with Gasteiger partial charge in [0.2, 0.25) is 21.7 Å². The average Bonchev–Trinajstić information content (AvgIpc) is 1.66. The van der Waals surface area contributed by atoms with Crippen molar-refractivity contribution in [3.8, 4) is 11.8 Å². The van der Waals surface area contributed by atoms with Crippen molar-refractivity contribution in [2.75, 3.05) is 50.8 Å². The van der Waals surface area contributed by atoms with E-state index < -0.39 is 45.7 Å². The van der Waals surface area contributed by atoms with Gasteiger partial charge in [-0.05, 0) is 156 Å². The van der Waals surface area contributed by atoms with Gasteiger partial charge in [-0.2, -0.15) is 23.7 Å². The van der Waals surface area contributed by atoms with Crippen LogP contribution in [0, 0.1) is 82.0 Å². The molecule has 0 spiro atoms. The first-order chi connectivity index (χ1) is 48.0. The lowest BCUT2D eigenvalue weighted by atomic mass is 10.1. The summed E-state index contributed by atoms with van der Waals surface area (Å²) in [6, 6.07) is 23.6. The van der Waals surface area contributed by atoms with Gasteiger partial charge in [0.15, 0.2) is 10.5 Å². The van der Waals surface area contributed by atoms with Crippen molar-refractivity contribution in [1.82, 2.24) is 43.4 Å². The van der Waals surface area contributed by atoms with Gasteiger partial charge in [0.25, 0.3) is 17.1 Å². The van der Waals surface area contributed by atoms with Crippen LogP contribution in [-0.2, 0) is 63.0 Å². The second-order valence-electron chi connectivity index (χ2n) is 21.6. The molecule has 105 heavy (non-hydrogen) atoms. The fourth-order valence-electron chi connectivity index (χ4n) is 9.40. The van der Waals surface area contributed by atoms with Crippen molar-refractivity contribution in [2.45, 2.75) is 132 Å². The third-order valence-electron chi connectivity index (χ3n) is 14.8. The molecular weight excluding hydrogens is 1620 g/mol. The fourth-order valence-corrected chi connectivity index (χ4v) is 11.7. The maximum absolute atomic E-state index is 11.7. The Balaban J connectivity index is 0.00000120. The van der Waals surface area contributed by atoms with Crippen LogP contribution in [-0.4, -0.2) is 124 Å². The van der Waals surface area contributed by atoms with E-state index in [2.05, 4.69) is 74.5 Å². The number of rotatable bonds is 17. The van der Waals surface area contributed by atoms with E-state index in [1.54, 1.807) is 46.1 Å². The van der Waals surface area contributed by atoms with Gasteiger partial charge in [-0.3, -0.25) is 50.0 Å². The lowest BCUT2D eigenvalue weighted by Crippen LogP contribution is -3.00. The molecule has 0 aliphatic heterocycles. The number of nitrogens with two attached hydrogens (primary N) is 3.